The number of hydrogen-bond donors (Lipinski definition) is 0. The molecule has 23 heavy (non-hydrogen) atoms. The third-order valence-corrected chi connectivity index (χ3v) is 4.37. The van der Waals surface area contributed by atoms with Crippen LogP contribution in [0.3, 0.4) is 0 Å². The Morgan fingerprint density at radius 2 is 1.78 bits per heavy atom. The Bertz CT molecular complexity index is 634. The molecule has 1 heterocycles. The molecule has 0 unspecified atom stereocenters. The van der Waals surface area contributed by atoms with E-state index in [0.29, 0.717) is 17.4 Å². The van der Waals surface area contributed by atoms with Gasteiger partial charge in [-0.2, -0.15) is 0 Å². The number of thiazole rings is 1. The molecule has 6 nitrogen and oxygen atoms in total. The van der Waals surface area contributed by atoms with Crippen molar-refractivity contribution in [1.29, 1.82) is 0 Å². The lowest BCUT2D eigenvalue weighted by Gasteiger charge is -2.20. The van der Waals surface area contributed by atoms with E-state index in [1.165, 1.54) is 11.3 Å². The summed E-state index contributed by atoms with van der Waals surface area (Å²) in [5, 5.41) is 0.659. The summed E-state index contributed by atoms with van der Waals surface area (Å²) in [5.41, 5.74) is 0.720. The first-order valence-electron chi connectivity index (χ1n) is 6.92. The van der Waals surface area contributed by atoms with Crippen LogP contribution in [0.2, 0.25) is 0 Å². The molecule has 1 aromatic carbocycles. The van der Waals surface area contributed by atoms with Crippen LogP contribution in [0.1, 0.15) is 6.92 Å². The van der Waals surface area contributed by atoms with Gasteiger partial charge in [-0.25, -0.2) is 4.98 Å². The van der Waals surface area contributed by atoms with Gasteiger partial charge in [0.15, 0.2) is 5.13 Å². The highest BCUT2D eigenvalue weighted by Gasteiger charge is 2.20. The van der Waals surface area contributed by atoms with E-state index in [4.69, 9.17) is 9.47 Å². The number of rotatable bonds is 6. The number of nitrogens with zero attached hydrogens (tertiary/aromatic N) is 3. The van der Waals surface area contributed by atoms with Gasteiger partial charge in [-0.05, 0) is 26.2 Å². The number of ether oxygens (including phenoxy) is 2. The number of anilines is 1. The van der Waals surface area contributed by atoms with Crippen LogP contribution in [0.25, 0.3) is 10.2 Å². The van der Waals surface area contributed by atoms with E-state index in [0.717, 1.165) is 22.5 Å². The van der Waals surface area contributed by atoms with Crippen LogP contribution in [-0.2, 0) is 4.79 Å². The van der Waals surface area contributed by atoms with Crippen LogP contribution in [0.5, 0.6) is 11.5 Å². The van der Waals surface area contributed by atoms with Crippen LogP contribution >= 0.6 is 23.7 Å². The topological polar surface area (TPSA) is 54.9 Å². The number of halogens is 1. The molecule has 0 bridgehead atoms. The highest BCUT2D eigenvalue weighted by atomic mass is 35.5. The van der Waals surface area contributed by atoms with Crippen molar-refractivity contribution in [3.05, 3.63) is 12.1 Å². The van der Waals surface area contributed by atoms with Crippen molar-refractivity contribution in [2.24, 2.45) is 0 Å². The first-order valence-corrected chi connectivity index (χ1v) is 7.74. The number of likely N-dealkylation sites (N-methyl/N-ethyl adjacent to an activating group) is 1. The Labute approximate surface area is 146 Å². The van der Waals surface area contributed by atoms with Crippen molar-refractivity contribution in [2.75, 3.05) is 46.3 Å². The fraction of sp³-hybridized carbons (Fsp3) is 0.467. The molecule has 0 spiro atoms. The van der Waals surface area contributed by atoms with Crippen LogP contribution in [0, 0.1) is 0 Å². The van der Waals surface area contributed by atoms with Crippen molar-refractivity contribution >= 4 is 45.0 Å². The Hall–Kier alpha value is -1.57. The van der Waals surface area contributed by atoms with E-state index in [2.05, 4.69) is 4.98 Å². The third-order valence-electron chi connectivity index (χ3n) is 3.28. The fourth-order valence-corrected chi connectivity index (χ4v) is 3.22. The van der Waals surface area contributed by atoms with Gasteiger partial charge in [-0.3, -0.25) is 9.69 Å². The Morgan fingerprint density at radius 3 is 2.30 bits per heavy atom. The lowest BCUT2D eigenvalue weighted by Crippen LogP contribution is -2.35. The zero-order valence-electron chi connectivity index (χ0n) is 14.0. The molecule has 0 radical (unpaired) electrons. The van der Waals surface area contributed by atoms with Gasteiger partial charge in [0.05, 0.1) is 14.2 Å². The Kier molecular flexibility index (Phi) is 7.05. The average molecular weight is 360 g/mol. The van der Waals surface area contributed by atoms with E-state index in [1.807, 2.05) is 31.1 Å². The van der Waals surface area contributed by atoms with Crippen molar-refractivity contribution in [3.8, 4) is 11.5 Å². The second-order valence-corrected chi connectivity index (χ2v) is 6.10. The smallest absolute Gasteiger partial charge is 0.225 e. The molecule has 0 atom stereocenters. The zero-order chi connectivity index (χ0) is 16.3. The SMILES string of the molecule is COc1ccc(OC)c2sc(N(CCN(C)C)C(C)=O)nc12.Cl. The standard InChI is InChI=1S/C15H21N3O3S.ClH/c1-10(19)18(9-8-17(2)3)15-16-13-11(20-4)6-7-12(21-5)14(13)22-15;/h6-7H,8-9H2,1-5H3;1H. The van der Waals surface area contributed by atoms with Gasteiger partial charge in [0.1, 0.15) is 21.7 Å². The van der Waals surface area contributed by atoms with Crippen molar-refractivity contribution in [3.63, 3.8) is 0 Å². The summed E-state index contributed by atoms with van der Waals surface area (Å²) in [6, 6.07) is 3.67. The maximum atomic E-state index is 12.0. The van der Waals surface area contributed by atoms with Gasteiger partial charge >= 0.3 is 0 Å². The zero-order valence-corrected chi connectivity index (χ0v) is 15.6. The number of amides is 1. The average Bonchev–Trinajstić information content (AvgIpc) is 2.90. The summed E-state index contributed by atoms with van der Waals surface area (Å²) in [6.45, 7) is 2.91. The molecular formula is C15H22ClN3O3S. The first-order chi connectivity index (χ1) is 10.5. The molecule has 0 aliphatic rings. The van der Waals surface area contributed by atoms with Crippen molar-refractivity contribution in [1.82, 2.24) is 9.88 Å². The van der Waals surface area contributed by atoms with E-state index < -0.39 is 0 Å². The van der Waals surface area contributed by atoms with Gasteiger partial charge < -0.3 is 14.4 Å². The minimum atomic E-state index is -0.0289. The number of methoxy groups -OCH3 is 2. The molecule has 2 aromatic rings. The first kappa shape index (κ1) is 19.5. The minimum absolute atomic E-state index is 0. The lowest BCUT2D eigenvalue weighted by atomic mass is 10.3. The van der Waals surface area contributed by atoms with Crippen LogP contribution in [0.4, 0.5) is 5.13 Å². The molecule has 128 valence electrons. The molecule has 0 saturated heterocycles. The molecular weight excluding hydrogens is 338 g/mol. The monoisotopic (exact) mass is 359 g/mol. The second-order valence-electron chi connectivity index (χ2n) is 5.12. The predicted octanol–water partition coefficient (Wildman–Crippen LogP) is 2.65. The number of fused-ring (bicyclic) bond motifs is 1. The maximum Gasteiger partial charge on any atom is 0.225 e. The molecule has 0 fully saturated rings. The molecule has 8 heteroatoms. The largest absolute Gasteiger partial charge is 0.495 e. The number of hydrogen-bond acceptors (Lipinski definition) is 6. The van der Waals surface area contributed by atoms with Gasteiger partial charge in [0.2, 0.25) is 5.91 Å². The van der Waals surface area contributed by atoms with Gasteiger partial charge in [0, 0.05) is 20.0 Å². The number of benzene rings is 1. The highest BCUT2D eigenvalue weighted by Crippen LogP contribution is 2.40. The highest BCUT2D eigenvalue weighted by molar-refractivity contribution is 7.22. The molecule has 1 aromatic heterocycles. The van der Waals surface area contributed by atoms with Gasteiger partial charge in [0.25, 0.3) is 0 Å². The number of carbonyl (C=O) groups is 1. The molecule has 2 rings (SSSR count). The molecule has 0 aliphatic heterocycles. The van der Waals surface area contributed by atoms with Crippen molar-refractivity contribution in [2.45, 2.75) is 6.92 Å². The summed E-state index contributed by atoms with van der Waals surface area (Å²) in [7, 11) is 7.18. The summed E-state index contributed by atoms with van der Waals surface area (Å²) in [5.74, 6) is 1.38. The minimum Gasteiger partial charge on any atom is -0.495 e. The Balaban J connectivity index is 0.00000264. The van der Waals surface area contributed by atoms with Crippen LogP contribution < -0.4 is 14.4 Å². The normalized spacial score (nSPS) is 10.5. The molecule has 0 saturated carbocycles. The molecule has 0 aliphatic carbocycles. The van der Waals surface area contributed by atoms with Gasteiger partial charge in [-0.1, -0.05) is 11.3 Å². The quantitative estimate of drug-likeness (QED) is 0.793. The van der Waals surface area contributed by atoms with Crippen LogP contribution in [0.15, 0.2) is 12.1 Å². The number of carbonyl (C=O) groups excluding carboxylic acids is 1. The van der Waals surface area contributed by atoms with Crippen LogP contribution in [-0.4, -0.2) is 57.2 Å². The summed E-state index contributed by atoms with van der Waals surface area (Å²) in [4.78, 5) is 20.3. The Morgan fingerprint density at radius 1 is 1.17 bits per heavy atom. The lowest BCUT2D eigenvalue weighted by molar-refractivity contribution is -0.116. The van der Waals surface area contributed by atoms with E-state index in [1.54, 1.807) is 26.0 Å². The van der Waals surface area contributed by atoms with E-state index >= 15 is 0 Å². The van der Waals surface area contributed by atoms with Gasteiger partial charge in [-0.15, -0.1) is 12.4 Å². The number of aromatic nitrogens is 1. The second kappa shape index (κ2) is 8.33. The molecule has 0 N–H and O–H groups in total. The fourth-order valence-electron chi connectivity index (χ4n) is 2.08. The summed E-state index contributed by atoms with van der Waals surface area (Å²) >= 11 is 1.44. The predicted molar refractivity (Wildman–Crippen MR) is 96.6 cm³/mol. The maximum absolute atomic E-state index is 12.0. The van der Waals surface area contributed by atoms with E-state index in [9.17, 15) is 4.79 Å². The molecule has 1 amide bonds. The summed E-state index contributed by atoms with van der Waals surface area (Å²) in [6.07, 6.45) is 0. The summed E-state index contributed by atoms with van der Waals surface area (Å²) < 4.78 is 11.6. The third kappa shape index (κ3) is 4.25. The van der Waals surface area contributed by atoms with Crippen molar-refractivity contribution < 1.29 is 14.3 Å². The van der Waals surface area contributed by atoms with E-state index in [-0.39, 0.29) is 18.3 Å².